The maximum Gasteiger partial charge on any atom is 0.413 e. The molecule has 0 aromatic carbocycles. The molecule has 1 fully saturated rings. The van der Waals surface area contributed by atoms with Gasteiger partial charge in [0, 0.05) is 25.0 Å². The Morgan fingerprint density at radius 2 is 1.97 bits per heavy atom. The number of aromatic nitrogens is 1. The fourth-order valence-electron chi connectivity index (χ4n) is 3.58. The van der Waals surface area contributed by atoms with Crippen LogP contribution in [0.25, 0.3) is 5.57 Å². The molecule has 1 aromatic rings. The average Bonchev–Trinajstić information content (AvgIpc) is 3.25. The average molecular weight is 567 g/mol. The largest absolute Gasteiger partial charge is 0.444 e. The van der Waals surface area contributed by atoms with Gasteiger partial charge in [0.25, 0.3) is 11.8 Å². The van der Waals surface area contributed by atoms with Gasteiger partial charge in [-0.15, -0.1) is 23.1 Å². The second-order valence-corrected chi connectivity index (χ2v) is 11.3. The number of allylic oxidation sites excluding steroid dienone is 1. The van der Waals surface area contributed by atoms with Gasteiger partial charge in [-0.2, -0.15) is 0 Å². The summed E-state index contributed by atoms with van der Waals surface area (Å²) in [6, 6.07) is -0.867. The van der Waals surface area contributed by atoms with E-state index in [0.717, 1.165) is 11.3 Å². The van der Waals surface area contributed by atoms with Crippen LogP contribution in [0.15, 0.2) is 23.2 Å². The van der Waals surface area contributed by atoms with Gasteiger partial charge in [0.2, 0.25) is 6.29 Å². The molecule has 0 aliphatic carbocycles. The number of thiazole rings is 1. The van der Waals surface area contributed by atoms with Gasteiger partial charge < -0.3 is 19.5 Å². The Morgan fingerprint density at radius 3 is 2.61 bits per heavy atom. The van der Waals surface area contributed by atoms with E-state index in [1.54, 1.807) is 38.3 Å². The number of fused-ring (bicyclic) bond motifs is 1. The van der Waals surface area contributed by atoms with Crippen molar-refractivity contribution in [3.05, 3.63) is 28.9 Å². The van der Waals surface area contributed by atoms with Crippen LogP contribution in [-0.2, 0) is 33.4 Å². The second kappa shape index (κ2) is 12.0. The van der Waals surface area contributed by atoms with Crippen LogP contribution in [-0.4, -0.2) is 68.8 Å². The van der Waals surface area contributed by atoms with E-state index in [1.165, 1.54) is 30.5 Å². The van der Waals surface area contributed by atoms with Crippen LogP contribution in [0.2, 0.25) is 0 Å². The summed E-state index contributed by atoms with van der Waals surface area (Å²) in [5.41, 5.74) is -0.0587. The van der Waals surface area contributed by atoms with Crippen molar-refractivity contribution in [2.75, 3.05) is 11.1 Å². The Hall–Kier alpha value is -3.39. The first kappa shape index (κ1) is 29.2. The van der Waals surface area contributed by atoms with Crippen molar-refractivity contribution in [2.45, 2.75) is 71.3 Å². The molecule has 3 rings (SSSR count). The van der Waals surface area contributed by atoms with Crippen LogP contribution in [0.5, 0.6) is 0 Å². The zero-order valence-electron chi connectivity index (χ0n) is 21.9. The molecule has 14 heteroatoms. The van der Waals surface area contributed by atoms with Gasteiger partial charge in [-0.1, -0.05) is 13.0 Å². The summed E-state index contributed by atoms with van der Waals surface area (Å²) in [5, 5.41) is 6.66. The summed E-state index contributed by atoms with van der Waals surface area (Å²) in [6.07, 6.45) is 1.97. The van der Waals surface area contributed by atoms with Crippen molar-refractivity contribution in [1.29, 1.82) is 0 Å². The van der Waals surface area contributed by atoms with Gasteiger partial charge >= 0.3 is 18.0 Å². The van der Waals surface area contributed by atoms with Gasteiger partial charge in [-0.25, -0.2) is 14.6 Å². The minimum atomic E-state index is -1.12. The predicted octanol–water partition coefficient (Wildman–Crippen LogP) is 3.02. The number of β-lactam (4-membered cyclic amide) rings is 1. The lowest BCUT2D eigenvalue weighted by Crippen LogP contribution is -2.70. The maximum atomic E-state index is 13.2. The molecule has 2 N–H and O–H groups in total. The van der Waals surface area contributed by atoms with E-state index in [0.29, 0.717) is 17.9 Å². The molecule has 0 radical (unpaired) electrons. The number of anilines is 1. The first-order valence-corrected chi connectivity index (χ1v) is 13.7. The lowest BCUT2D eigenvalue weighted by atomic mass is 10.0. The van der Waals surface area contributed by atoms with Crippen LogP contribution >= 0.6 is 23.1 Å². The van der Waals surface area contributed by atoms with E-state index in [9.17, 15) is 24.0 Å². The third-order valence-corrected chi connectivity index (χ3v) is 6.93. The summed E-state index contributed by atoms with van der Waals surface area (Å²) in [5.74, 6) is -1.98. The Bertz CT molecular complexity index is 1190. The monoisotopic (exact) mass is 566 g/mol. The van der Waals surface area contributed by atoms with E-state index in [-0.39, 0.29) is 16.4 Å². The second-order valence-electron chi connectivity index (χ2n) is 9.25. The molecule has 2 aliphatic rings. The first-order chi connectivity index (χ1) is 17.8. The van der Waals surface area contributed by atoms with Crippen molar-refractivity contribution in [2.24, 2.45) is 0 Å². The number of nitrogens with one attached hydrogen (secondary N) is 2. The van der Waals surface area contributed by atoms with E-state index in [1.807, 2.05) is 6.92 Å². The molecule has 3 amide bonds. The number of hydrogen-bond acceptors (Lipinski definition) is 11. The standard InChI is InChI=1S/C24H30N4O8S2/c1-7-8-14(15-11-38-22(25-15)27-23(33)36-24(4,5)6)18(30)26-17-19(31)28-16(9-10-37-20(17)28)21(32)35-13(3)34-12(2)29/h8-9,11,13,17,20H,7,10H2,1-6H3,(H,26,30)(H,25,27,33)/b14-8-/t13?,17-,20-/m1/s1. The highest BCUT2D eigenvalue weighted by molar-refractivity contribution is 8.00. The van der Waals surface area contributed by atoms with Crippen molar-refractivity contribution >= 4 is 63.6 Å². The third kappa shape index (κ3) is 7.13. The summed E-state index contributed by atoms with van der Waals surface area (Å²) in [4.78, 5) is 67.4. The Kier molecular flexibility index (Phi) is 9.20. The molecule has 3 heterocycles. The summed E-state index contributed by atoms with van der Waals surface area (Å²) >= 11 is 2.51. The fourth-order valence-corrected chi connectivity index (χ4v) is 5.47. The number of hydrogen-bond donors (Lipinski definition) is 2. The highest BCUT2D eigenvalue weighted by atomic mass is 32.2. The molecule has 1 unspecified atom stereocenters. The number of esters is 2. The number of nitrogens with zero attached hydrogens (tertiary/aromatic N) is 2. The van der Waals surface area contributed by atoms with Crippen LogP contribution in [0.4, 0.5) is 9.93 Å². The third-order valence-electron chi connectivity index (χ3n) is 4.99. The van der Waals surface area contributed by atoms with Gasteiger partial charge in [-0.05, 0) is 33.3 Å². The van der Waals surface area contributed by atoms with E-state index in [2.05, 4.69) is 15.6 Å². The summed E-state index contributed by atoms with van der Waals surface area (Å²) in [6.45, 7) is 9.66. The number of rotatable bonds is 8. The highest BCUT2D eigenvalue weighted by Crippen LogP contribution is 2.38. The molecule has 1 aromatic heterocycles. The van der Waals surface area contributed by atoms with E-state index < -0.39 is 53.2 Å². The van der Waals surface area contributed by atoms with E-state index in [4.69, 9.17) is 14.2 Å². The molecule has 206 valence electrons. The lowest BCUT2D eigenvalue weighted by Gasteiger charge is -2.48. The number of carbonyl (C=O) groups is 5. The quantitative estimate of drug-likeness (QED) is 0.208. The Morgan fingerprint density at radius 1 is 1.26 bits per heavy atom. The van der Waals surface area contributed by atoms with Crippen LogP contribution in [0.3, 0.4) is 0 Å². The van der Waals surface area contributed by atoms with Crippen molar-refractivity contribution in [3.8, 4) is 0 Å². The number of carbonyl (C=O) groups excluding carboxylic acids is 5. The summed E-state index contributed by atoms with van der Waals surface area (Å²) in [7, 11) is 0. The number of ether oxygens (including phenoxy) is 3. The molecule has 2 aliphatic heterocycles. The molecule has 1 saturated heterocycles. The molecule has 12 nitrogen and oxygen atoms in total. The number of amides is 3. The zero-order valence-corrected chi connectivity index (χ0v) is 23.5. The predicted molar refractivity (Wildman–Crippen MR) is 141 cm³/mol. The zero-order chi connectivity index (χ0) is 28.2. The van der Waals surface area contributed by atoms with Gasteiger partial charge in [0.15, 0.2) is 5.13 Å². The smallest absolute Gasteiger partial charge is 0.413 e. The van der Waals surface area contributed by atoms with Crippen LogP contribution in [0, 0.1) is 0 Å². The SMILES string of the molecule is CC/C=C(\C(=O)N[C@@H]1C(=O)N2C(C(=O)OC(C)OC(C)=O)=CCS[C@H]12)c1csc(NC(=O)OC(C)(C)C)n1. The van der Waals surface area contributed by atoms with Crippen LogP contribution < -0.4 is 10.6 Å². The Balaban J connectivity index is 1.66. The molecular formula is C24H30N4O8S2. The van der Waals surface area contributed by atoms with Crippen molar-refractivity contribution in [1.82, 2.24) is 15.2 Å². The van der Waals surface area contributed by atoms with Crippen molar-refractivity contribution < 1.29 is 38.2 Å². The summed E-state index contributed by atoms with van der Waals surface area (Å²) < 4.78 is 15.1. The van der Waals surface area contributed by atoms with Crippen molar-refractivity contribution in [3.63, 3.8) is 0 Å². The minimum Gasteiger partial charge on any atom is -0.444 e. The first-order valence-electron chi connectivity index (χ1n) is 11.8. The maximum absolute atomic E-state index is 13.2. The van der Waals surface area contributed by atoms with E-state index >= 15 is 0 Å². The Labute approximate surface area is 228 Å². The minimum absolute atomic E-state index is 0.0323. The lowest BCUT2D eigenvalue weighted by molar-refractivity contribution is -0.182. The molecule has 0 saturated carbocycles. The van der Waals surface area contributed by atoms with Crippen LogP contribution in [0.1, 0.15) is 53.7 Å². The molecule has 0 bridgehead atoms. The topological polar surface area (TPSA) is 153 Å². The highest BCUT2D eigenvalue weighted by Gasteiger charge is 2.53. The number of thioether (sulfide) groups is 1. The normalized spacial score (nSPS) is 19.8. The van der Waals surface area contributed by atoms with Gasteiger partial charge in [0.05, 0.1) is 11.3 Å². The molecule has 0 spiro atoms. The molecule has 38 heavy (non-hydrogen) atoms. The van der Waals surface area contributed by atoms with Gasteiger partial charge in [-0.3, -0.25) is 24.6 Å². The molecular weight excluding hydrogens is 536 g/mol. The van der Waals surface area contributed by atoms with Gasteiger partial charge in [0.1, 0.15) is 22.7 Å². The molecule has 3 atom stereocenters. The fraction of sp³-hybridized carbons (Fsp3) is 0.500.